The number of aryl methyl sites for hydroxylation is 1. The van der Waals surface area contributed by atoms with Crippen LogP contribution in [0.4, 0.5) is 4.79 Å². The molecule has 0 bridgehead atoms. The summed E-state index contributed by atoms with van der Waals surface area (Å²) in [5.41, 5.74) is 1.01. The van der Waals surface area contributed by atoms with Crippen LogP contribution in [0, 0.1) is 0 Å². The topological polar surface area (TPSA) is 72.5 Å². The predicted molar refractivity (Wildman–Crippen MR) is 55.3 cm³/mol. The van der Waals surface area contributed by atoms with E-state index in [0.29, 0.717) is 5.75 Å². The fourth-order valence-corrected chi connectivity index (χ4v) is 1.23. The van der Waals surface area contributed by atoms with Gasteiger partial charge in [-0.15, -0.1) is 0 Å². The molecule has 1 amide bonds. The number of hydrogen-bond acceptors (Lipinski definition) is 4. The smallest absolute Gasteiger partial charge is 0.410 e. The quantitative estimate of drug-likeness (QED) is 0.754. The molecule has 6 heteroatoms. The molecule has 1 rings (SSSR count). The van der Waals surface area contributed by atoms with Crippen LogP contribution in [0.15, 0.2) is 24.3 Å². The number of carbonyl (C=O) groups is 1. The molecule has 5 nitrogen and oxygen atoms in total. The summed E-state index contributed by atoms with van der Waals surface area (Å²) in [6.07, 6.45) is -0.186. The molecule has 0 saturated heterocycles. The lowest BCUT2D eigenvalue weighted by Crippen LogP contribution is -2.25. The predicted octanol–water partition coefficient (Wildman–Crippen LogP) is 0.864. The van der Waals surface area contributed by atoms with Gasteiger partial charge in [-0.1, -0.05) is 19.1 Å². The molecule has 1 aromatic carbocycles. The van der Waals surface area contributed by atoms with E-state index < -0.39 is 17.0 Å². The Hall–Kier alpha value is -1.56. The van der Waals surface area contributed by atoms with Gasteiger partial charge in [-0.3, -0.25) is 0 Å². The summed E-state index contributed by atoms with van der Waals surface area (Å²) in [4.78, 5) is 10.9. The van der Waals surface area contributed by atoms with E-state index in [4.69, 9.17) is 4.74 Å². The van der Waals surface area contributed by atoms with Crippen molar-refractivity contribution in [2.75, 3.05) is 0 Å². The van der Waals surface area contributed by atoms with Crippen molar-refractivity contribution >= 4 is 17.0 Å². The maximum Gasteiger partial charge on any atom is 0.426 e. The summed E-state index contributed by atoms with van der Waals surface area (Å²) >= 11 is 0. The van der Waals surface area contributed by atoms with Gasteiger partial charge in [0.15, 0.2) is 0 Å². The van der Waals surface area contributed by atoms with Gasteiger partial charge < -0.3 is 4.74 Å². The first-order valence-electron chi connectivity index (χ1n) is 4.33. The second-order valence-corrected chi connectivity index (χ2v) is 3.50. The molecule has 1 N–H and O–H groups in total. The van der Waals surface area contributed by atoms with Gasteiger partial charge in [-0.25, -0.2) is 17.9 Å². The highest BCUT2D eigenvalue weighted by atomic mass is 32.2. The van der Waals surface area contributed by atoms with Crippen molar-refractivity contribution in [3.8, 4) is 5.75 Å². The number of ether oxygens (including phenoxy) is 1. The van der Waals surface area contributed by atoms with Crippen molar-refractivity contribution in [3.05, 3.63) is 29.8 Å². The first-order valence-corrected chi connectivity index (χ1v) is 5.51. The molecule has 0 unspecified atom stereocenters. The number of amides is 1. The van der Waals surface area contributed by atoms with E-state index in [1.165, 1.54) is 0 Å². The van der Waals surface area contributed by atoms with Crippen LogP contribution < -0.4 is 9.46 Å². The van der Waals surface area contributed by atoms with Gasteiger partial charge in [0, 0.05) is 0 Å². The van der Waals surface area contributed by atoms with Crippen molar-refractivity contribution in [2.24, 2.45) is 0 Å². The zero-order chi connectivity index (χ0) is 11.3. The monoisotopic (exact) mass is 229 g/mol. The molecule has 0 aliphatic rings. The van der Waals surface area contributed by atoms with E-state index in [1.54, 1.807) is 22.9 Å². The number of carbonyl (C=O) groups excluding carboxylic acids is 1. The third-order valence-electron chi connectivity index (χ3n) is 1.70. The lowest BCUT2D eigenvalue weighted by molar-refractivity contribution is 0.207. The first kappa shape index (κ1) is 11.5. The Balaban J connectivity index is 2.67. The molecular weight excluding hydrogens is 218 g/mol. The molecule has 15 heavy (non-hydrogen) atoms. The molecule has 0 atom stereocenters. The highest BCUT2D eigenvalue weighted by Gasteiger charge is 2.04. The van der Waals surface area contributed by atoms with Gasteiger partial charge in [-0.2, -0.15) is 0 Å². The van der Waals surface area contributed by atoms with Crippen LogP contribution >= 0.6 is 0 Å². The highest BCUT2D eigenvalue weighted by Crippen LogP contribution is 2.13. The average Bonchev–Trinajstić information content (AvgIpc) is 2.16. The summed E-state index contributed by atoms with van der Waals surface area (Å²) < 4.78 is 26.7. The van der Waals surface area contributed by atoms with Crippen LogP contribution in [0.5, 0.6) is 5.75 Å². The molecule has 0 heterocycles. The lowest BCUT2D eigenvalue weighted by atomic mass is 10.2. The van der Waals surface area contributed by atoms with Crippen molar-refractivity contribution in [1.82, 2.24) is 4.72 Å². The normalized spacial score (nSPS) is 10.0. The van der Waals surface area contributed by atoms with E-state index in [0.717, 1.165) is 12.0 Å². The molecule has 0 fully saturated rings. The molecule has 0 aliphatic carbocycles. The Labute approximate surface area is 89.1 Å². The minimum Gasteiger partial charge on any atom is -0.410 e. The summed E-state index contributed by atoms with van der Waals surface area (Å²) in [5.74, 6) is 0.323. The highest BCUT2D eigenvalue weighted by molar-refractivity contribution is 7.70. The van der Waals surface area contributed by atoms with E-state index in [-0.39, 0.29) is 0 Å². The Morgan fingerprint density at radius 2 is 2.20 bits per heavy atom. The van der Waals surface area contributed by atoms with Crippen LogP contribution in [0.1, 0.15) is 12.5 Å². The minimum absolute atomic E-state index is 0.323. The van der Waals surface area contributed by atoms with Crippen LogP contribution in [0.25, 0.3) is 0 Å². The molecule has 0 spiro atoms. The summed E-state index contributed by atoms with van der Waals surface area (Å²) in [5, 5.41) is 0. The number of thiol groups is 1. The standard InChI is InChI=1S/C9H11NO4S/c1-2-7-4-3-5-8(6-7)14-9(11)10-15(12)13/h3-6,15H,2H2,1H3,(H,10,11,12,13). The lowest BCUT2D eigenvalue weighted by Gasteiger charge is -2.03. The fraction of sp³-hybridized carbons (Fsp3) is 0.222. The van der Waals surface area contributed by atoms with Crippen molar-refractivity contribution < 1.29 is 17.9 Å². The van der Waals surface area contributed by atoms with E-state index in [1.807, 2.05) is 13.0 Å². The SMILES string of the molecule is CCc1cccc(OC(=O)N[SH](=O)=O)c1. The molecule has 0 radical (unpaired) electrons. The second kappa shape index (κ2) is 5.35. The van der Waals surface area contributed by atoms with Gasteiger partial charge in [0.2, 0.25) is 10.9 Å². The minimum atomic E-state index is -2.97. The largest absolute Gasteiger partial charge is 0.426 e. The van der Waals surface area contributed by atoms with Gasteiger partial charge in [-0.05, 0) is 24.1 Å². The second-order valence-electron chi connectivity index (χ2n) is 2.76. The number of hydrogen-bond donors (Lipinski definition) is 2. The van der Waals surface area contributed by atoms with E-state index >= 15 is 0 Å². The van der Waals surface area contributed by atoms with Gasteiger partial charge >= 0.3 is 6.09 Å². The fourth-order valence-electron chi connectivity index (χ4n) is 1.03. The zero-order valence-electron chi connectivity index (χ0n) is 8.10. The first-order chi connectivity index (χ1) is 7.11. The van der Waals surface area contributed by atoms with Crippen molar-refractivity contribution in [1.29, 1.82) is 0 Å². The molecular formula is C9H11NO4S. The molecule has 0 saturated carbocycles. The summed E-state index contributed by atoms with van der Waals surface area (Å²) in [6.45, 7) is 1.97. The Bertz CT molecular complexity index is 420. The maximum atomic E-state index is 10.9. The van der Waals surface area contributed by atoms with Crippen LogP contribution in [0.2, 0.25) is 0 Å². The number of rotatable bonds is 3. The Kier molecular flexibility index (Phi) is 4.11. The Morgan fingerprint density at radius 1 is 1.47 bits per heavy atom. The van der Waals surface area contributed by atoms with Crippen LogP contribution in [-0.4, -0.2) is 14.5 Å². The third-order valence-corrected chi connectivity index (χ3v) is 2.06. The van der Waals surface area contributed by atoms with E-state index in [2.05, 4.69) is 0 Å². The molecule has 0 aromatic heterocycles. The third kappa shape index (κ3) is 3.99. The number of nitrogens with one attached hydrogen (secondary N) is 1. The van der Waals surface area contributed by atoms with Crippen LogP contribution in [-0.2, 0) is 17.3 Å². The van der Waals surface area contributed by atoms with Crippen LogP contribution in [0.3, 0.4) is 0 Å². The average molecular weight is 229 g/mol. The zero-order valence-corrected chi connectivity index (χ0v) is 8.99. The molecule has 1 aromatic rings. The summed E-state index contributed by atoms with van der Waals surface area (Å²) in [7, 11) is -2.97. The van der Waals surface area contributed by atoms with Crippen molar-refractivity contribution in [3.63, 3.8) is 0 Å². The van der Waals surface area contributed by atoms with Gasteiger partial charge in [0.25, 0.3) is 0 Å². The van der Waals surface area contributed by atoms with Gasteiger partial charge in [0.1, 0.15) is 5.75 Å². The summed E-state index contributed by atoms with van der Waals surface area (Å²) in [6, 6.07) is 6.88. The molecule has 82 valence electrons. The van der Waals surface area contributed by atoms with E-state index in [9.17, 15) is 13.2 Å². The maximum absolute atomic E-state index is 10.9. The number of benzene rings is 1. The Morgan fingerprint density at radius 3 is 2.80 bits per heavy atom. The van der Waals surface area contributed by atoms with Crippen molar-refractivity contribution in [2.45, 2.75) is 13.3 Å². The van der Waals surface area contributed by atoms with Gasteiger partial charge in [0.05, 0.1) is 0 Å². The molecule has 0 aliphatic heterocycles.